The van der Waals surface area contributed by atoms with Crippen LogP contribution in [0.25, 0.3) is 0 Å². The molecule has 2 fully saturated rings. The van der Waals surface area contributed by atoms with Crippen LogP contribution in [-0.2, 0) is 9.53 Å². The van der Waals surface area contributed by atoms with Gasteiger partial charge in [0.05, 0.1) is 19.1 Å². The van der Waals surface area contributed by atoms with Crippen molar-refractivity contribution >= 4 is 5.91 Å². The van der Waals surface area contributed by atoms with Crippen LogP contribution in [-0.4, -0.2) is 49.7 Å². The SMILES string of the molecule is CCNC1COCC1C(=O)N1CCC(CC)C1. The molecule has 0 aromatic heterocycles. The number of nitrogens with zero attached hydrogens (tertiary/aromatic N) is 1. The van der Waals surface area contributed by atoms with E-state index in [4.69, 9.17) is 4.74 Å². The number of likely N-dealkylation sites (N-methyl/N-ethyl adjacent to an activating group) is 1. The molecule has 0 aromatic carbocycles. The topological polar surface area (TPSA) is 41.6 Å². The molecule has 0 saturated carbocycles. The number of hydrogen-bond donors (Lipinski definition) is 1. The summed E-state index contributed by atoms with van der Waals surface area (Å²) in [7, 11) is 0. The molecule has 3 unspecified atom stereocenters. The third-order valence-electron chi connectivity index (χ3n) is 4.04. The van der Waals surface area contributed by atoms with Crippen molar-refractivity contribution in [2.24, 2.45) is 11.8 Å². The lowest BCUT2D eigenvalue weighted by Gasteiger charge is -2.24. The van der Waals surface area contributed by atoms with Crippen molar-refractivity contribution in [3.63, 3.8) is 0 Å². The maximum atomic E-state index is 12.4. The second kappa shape index (κ2) is 5.83. The molecule has 2 saturated heterocycles. The molecule has 2 aliphatic heterocycles. The van der Waals surface area contributed by atoms with Crippen LogP contribution >= 0.6 is 0 Å². The predicted molar refractivity (Wildman–Crippen MR) is 66.8 cm³/mol. The fourth-order valence-electron chi connectivity index (χ4n) is 2.86. The summed E-state index contributed by atoms with van der Waals surface area (Å²) in [5, 5.41) is 3.35. The molecule has 0 aromatic rings. The number of carbonyl (C=O) groups excluding carboxylic acids is 1. The standard InChI is InChI=1S/C13H24N2O2/c1-3-10-5-6-15(7-10)13(16)11-8-17-9-12(11)14-4-2/h10-12,14H,3-9H2,1-2H3. The van der Waals surface area contributed by atoms with E-state index in [1.54, 1.807) is 0 Å². The average molecular weight is 240 g/mol. The summed E-state index contributed by atoms with van der Waals surface area (Å²) >= 11 is 0. The second-order valence-corrected chi connectivity index (χ2v) is 5.16. The molecule has 0 radical (unpaired) electrons. The van der Waals surface area contributed by atoms with Crippen LogP contribution in [0.3, 0.4) is 0 Å². The number of carbonyl (C=O) groups is 1. The normalized spacial score (nSPS) is 33.3. The molecular formula is C13H24N2O2. The van der Waals surface area contributed by atoms with Gasteiger partial charge in [0.2, 0.25) is 5.91 Å². The highest BCUT2D eigenvalue weighted by Gasteiger charge is 2.37. The fourth-order valence-corrected chi connectivity index (χ4v) is 2.86. The first kappa shape index (κ1) is 12.8. The van der Waals surface area contributed by atoms with Crippen LogP contribution in [0.4, 0.5) is 0 Å². The lowest BCUT2D eigenvalue weighted by molar-refractivity contribution is -0.135. The molecule has 2 heterocycles. The molecular weight excluding hydrogens is 216 g/mol. The molecule has 3 atom stereocenters. The third kappa shape index (κ3) is 2.80. The number of hydrogen-bond acceptors (Lipinski definition) is 3. The summed E-state index contributed by atoms with van der Waals surface area (Å²) in [6.07, 6.45) is 2.35. The van der Waals surface area contributed by atoms with Crippen LogP contribution < -0.4 is 5.32 Å². The number of likely N-dealkylation sites (tertiary alicyclic amines) is 1. The van der Waals surface area contributed by atoms with Gasteiger partial charge in [-0.1, -0.05) is 20.3 Å². The van der Waals surface area contributed by atoms with E-state index in [1.165, 1.54) is 12.8 Å². The number of amides is 1. The number of nitrogens with one attached hydrogen (secondary N) is 1. The van der Waals surface area contributed by atoms with E-state index in [2.05, 4.69) is 19.2 Å². The van der Waals surface area contributed by atoms with Gasteiger partial charge in [-0.05, 0) is 18.9 Å². The molecule has 1 amide bonds. The molecule has 0 aliphatic carbocycles. The lowest BCUT2D eigenvalue weighted by atomic mass is 10.0. The van der Waals surface area contributed by atoms with Gasteiger partial charge in [0.15, 0.2) is 0 Å². The minimum Gasteiger partial charge on any atom is -0.379 e. The molecule has 0 bridgehead atoms. The van der Waals surface area contributed by atoms with Gasteiger partial charge in [0.25, 0.3) is 0 Å². The Morgan fingerprint density at radius 1 is 1.41 bits per heavy atom. The van der Waals surface area contributed by atoms with Crippen molar-refractivity contribution < 1.29 is 9.53 Å². The average Bonchev–Trinajstić information content (AvgIpc) is 2.97. The summed E-state index contributed by atoms with van der Waals surface area (Å²) in [5.74, 6) is 1.04. The minimum absolute atomic E-state index is 0.0329. The molecule has 4 nitrogen and oxygen atoms in total. The quantitative estimate of drug-likeness (QED) is 0.793. The van der Waals surface area contributed by atoms with Gasteiger partial charge < -0.3 is 15.0 Å². The summed E-state index contributed by atoms with van der Waals surface area (Å²) in [4.78, 5) is 14.4. The molecule has 1 N–H and O–H groups in total. The van der Waals surface area contributed by atoms with E-state index in [0.717, 1.165) is 19.6 Å². The Balaban J connectivity index is 1.91. The van der Waals surface area contributed by atoms with Crippen LogP contribution in [0.2, 0.25) is 0 Å². The molecule has 2 rings (SSSR count). The van der Waals surface area contributed by atoms with Gasteiger partial charge in [0, 0.05) is 19.1 Å². The summed E-state index contributed by atoms with van der Waals surface area (Å²) in [6, 6.07) is 0.216. The molecule has 98 valence electrons. The van der Waals surface area contributed by atoms with E-state index < -0.39 is 0 Å². The molecule has 0 spiro atoms. The van der Waals surface area contributed by atoms with Crippen LogP contribution in [0.1, 0.15) is 26.7 Å². The van der Waals surface area contributed by atoms with Crippen LogP contribution in [0.5, 0.6) is 0 Å². The Bertz CT molecular complexity index is 270. The first-order chi connectivity index (χ1) is 8.26. The zero-order chi connectivity index (χ0) is 12.3. The van der Waals surface area contributed by atoms with E-state index in [-0.39, 0.29) is 12.0 Å². The van der Waals surface area contributed by atoms with Gasteiger partial charge in [-0.25, -0.2) is 0 Å². The monoisotopic (exact) mass is 240 g/mol. The van der Waals surface area contributed by atoms with E-state index in [9.17, 15) is 4.79 Å². The highest BCUT2D eigenvalue weighted by Crippen LogP contribution is 2.24. The summed E-state index contributed by atoms with van der Waals surface area (Å²) in [6.45, 7) is 8.33. The highest BCUT2D eigenvalue weighted by atomic mass is 16.5. The zero-order valence-electron chi connectivity index (χ0n) is 10.9. The number of rotatable bonds is 4. The molecule has 4 heteroatoms. The van der Waals surface area contributed by atoms with Crippen molar-refractivity contribution in [1.82, 2.24) is 10.2 Å². The number of ether oxygens (including phenoxy) is 1. The third-order valence-corrected chi connectivity index (χ3v) is 4.04. The minimum atomic E-state index is 0.0329. The van der Waals surface area contributed by atoms with Gasteiger partial charge in [-0.2, -0.15) is 0 Å². The van der Waals surface area contributed by atoms with Gasteiger partial charge in [-0.3, -0.25) is 4.79 Å². The van der Waals surface area contributed by atoms with Gasteiger partial charge >= 0.3 is 0 Å². The van der Waals surface area contributed by atoms with Crippen molar-refractivity contribution in [2.75, 3.05) is 32.8 Å². The Hall–Kier alpha value is -0.610. The predicted octanol–water partition coefficient (Wildman–Crippen LogP) is 0.869. The summed E-state index contributed by atoms with van der Waals surface area (Å²) < 4.78 is 5.45. The Morgan fingerprint density at radius 2 is 2.24 bits per heavy atom. The van der Waals surface area contributed by atoms with Crippen molar-refractivity contribution in [2.45, 2.75) is 32.7 Å². The van der Waals surface area contributed by atoms with E-state index >= 15 is 0 Å². The first-order valence-electron chi connectivity index (χ1n) is 6.86. The highest BCUT2D eigenvalue weighted by molar-refractivity contribution is 5.80. The Morgan fingerprint density at radius 3 is 2.88 bits per heavy atom. The second-order valence-electron chi connectivity index (χ2n) is 5.16. The Labute approximate surface area is 104 Å². The largest absolute Gasteiger partial charge is 0.379 e. The fraction of sp³-hybridized carbons (Fsp3) is 0.923. The Kier molecular flexibility index (Phi) is 4.40. The van der Waals surface area contributed by atoms with Crippen molar-refractivity contribution in [1.29, 1.82) is 0 Å². The lowest BCUT2D eigenvalue weighted by Crippen LogP contribution is -2.45. The van der Waals surface area contributed by atoms with Crippen molar-refractivity contribution in [3.8, 4) is 0 Å². The van der Waals surface area contributed by atoms with Crippen molar-refractivity contribution in [3.05, 3.63) is 0 Å². The maximum absolute atomic E-state index is 12.4. The van der Waals surface area contributed by atoms with Gasteiger partial charge in [0.1, 0.15) is 0 Å². The first-order valence-corrected chi connectivity index (χ1v) is 6.86. The van der Waals surface area contributed by atoms with Crippen LogP contribution in [0, 0.1) is 11.8 Å². The maximum Gasteiger partial charge on any atom is 0.229 e. The van der Waals surface area contributed by atoms with Crippen LogP contribution in [0.15, 0.2) is 0 Å². The smallest absolute Gasteiger partial charge is 0.229 e. The molecule has 2 aliphatic rings. The summed E-state index contributed by atoms with van der Waals surface area (Å²) in [5.41, 5.74) is 0. The zero-order valence-corrected chi connectivity index (χ0v) is 10.9. The van der Waals surface area contributed by atoms with Gasteiger partial charge in [-0.15, -0.1) is 0 Å². The molecule has 17 heavy (non-hydrogen) atoms. The van der Waals surface area contributed by atoms with E-state index in [0.29, 0.717) is 25.0 Å². The van der Waals surface area contributed by atoms with E-state index in [1.807, 2.05) is 4.90 Å².